The van der Waals surface area contributed by atoms with E-state index < -0.39 is 17.7 Å². The lowest BCUT2D eigenvalue weighted by atomic mass is 10.1. The van der Waals surface area contributed by atoms with Crippen molar-refractivity contribution >= 4 is 17.6 Å². The third-order valence-corrected chi connectivity index (χ3v) is 2.41. The van der Waals surface area contributed by atoms with E-state index in [0.29, 0.717) is 12.2 Å². The first kappa shape index (κ1) is 14.0. The van der Waals surface area contributed by atoms with E-state index in [-0.39, 0.29) is 17.9 Å². The summed E-state index contributed by atoms with van der Waals surface area (Å²) in [6.45, 7) is 2.12. The van der Waals surface area contributed by atoms with Crippen molar-refractivity contribution < 1.29 is 19.1 Å². The molecule has 0 saturated heterocycles. The van der Waals surface area contributed by atoms with Crippen LogP contribution in [0.5, 0.6) is 0 Å². The molecule has 0 aliphatic heterocycles. The number of aliphatic carboxylic acids is 1. The lowest BCUT2D eigenvalue weighted by Crippen LogP contribution is -2.19. The van der Waals surface area contributed by atoms with Crippen molar-refractivity contribution in [3.05, 3.63) is 29.6 Å². The van der Waals surface area contributed by atoms with Crippen LogP contribution in [-0.2, 0) is 4.79 Å². The maximum absolute atomic E-state index is 13.0. The van der Waals surface area contributed by atoms with Crippen molar-refractivity contribution in [2.24, 2.45) is 11.7 Å². The zero-order valence-corrected chi connectivity index (χ0v) is 9.94. The van der Waals surface area contributed by atoms with Crippen LogP contribution in [0.4, 0.5) is 10.1 Å². The van der Waals surface area contributed by atoms with Crippen molar-refractivity contribution in [2.45, 2.75) is 13.3 Å². The number of anilines is 1. The fourth-order valence-electron chi connectivity index (χ4n) is 1.53. The molecule has 18 heavy (non-hydrogen) atoms. The number of primary amides is 1. The lowest BCUT2D eigenvalue weighted by molar-refractivity contribution is -0.137. The average Bonchev–Trinajstić information content (AvgIpc) is 2.26. The molecule has 0 spiro atoms. The highest BCUT2D eigenvalue weighted by molar-refractivity contribution is 5.98. The van der Waals surface area contributed by atoms with E-state index >= 15 is 0 Å². The van der Waals surface area contributed by atoms with Gasteiger partial charge < -0.3 is 16.2 Å². The van der Waals surface area contributed by atoms with Gasteiger partial charge in [0.05, 0.1) is 5.56 Å². The van der Waals surface area contributed by atoms with E-state index in [1.165, 1.54) is 12.1 Å². The van der Waals surface area contributed by atoms with Crippen LogP contribution in [0.1, 0.15) is 23.7 Å². The third kappa shape index (κ3) is 4.04. The van der Waals surface area contributed by atoms with Crippen LogP contribution in [0, 0.1) is 11.7 Å². The monoisotopic (exact) mass is 254 g/mol. The molecule has 0 saturated carbocycles. The zero-order chi connectivity index (χ0) is 13.7. The summed E-state index contributed by atoms with van der Waals surface area (Å²) in [5, 5.41) is 11.5. The first-order valence-electron chi connectivity index (χ1n) is 5.45. The molecular weight excluding hydrogens is 239 g/mol. The molecule has 0 aromatic heterocycles. The summed E-state index contributed by atoms with van der Waals surface area (Å²) < 4.78 is 13.0. The number of benzene rings is 1. The van der Waals surface area contributed by atoms with E-state index in [1.54, 1.807) is 6.92 Å². The van der Waals surface area contributed by atoms with E-state index in [4.69, 9.17) is 10.8 Å². The molecule has 1 rings (SSSR count). The molecule has 1 atom stereocenters. The molecule has 6 heteroatoms. The second-order valence-corrected chi connectivity index (χ2v) is 4.14. The van der Waals surface area contributed by atoms with Gasteiger partial charge in [-0.05, 0) is 24.1 Å². The van der Waals surface area contributed by atoms with Gasteiger partial charge in [-0.1, -0.05) is 6.92 Å². The number of nitrogens with one attached hydrogen (secondary N) is 1. The van der Waals surface area contributed by atoms with Crippen LogP contribution in [0.3, 0.4) is 0 Å². The molecule has 0 fully saturated rings. The normalized spacial score (nSPS) is 11.9. The van der Waals surface area contributed by atoms with Gasteiger partial charge >= 0.3 is 5.97 Å². The summed E-state index contributed by atoms with van der Waals surface area (Å²) in [5.41, 5.74) is 5.59. The summed E-state index contributed by atoms with van der Waals surface area (Å²) in [7, 11) is 0. The third-order valence-electron chi connectivity index (χ3n) is 2.41. The number of carbonyl (C=O) groups is 2. The van der Waals surface area contributed by atoms with Gasteiger partial charge in [-0.3, -0.25) is 9.59 Å². The molecule has 0 radical (unpaired) electrons. The summed E-state index contributed by atoms with van der Waals surface area (Å²) in [4.78, 5) is 21.6. The van der Waals surface area contributed by atoms with E-state index in [2.05, 4.69) is 5.32 Å². The van der Waals surface area contributed by atoms with E-state index in [9.17, 15) is 14.0 Å². The Labute approximate surface area is 104 Å². The van der Waals surface area contributed by atoms with Gasteiger partial charge in [0.15, 0.2) is 0 Å². The molecule has 0 aliphatic rings. The molecule has 1 aromatic rings. The number of nitrogens with two attached hydrogens (primary N) is 1. The van der Waals surface area contributed by atoms with Crippen LogP contribution >= 0.6 is 0 Å². The Balaban J connectivity index is 2.72. The second-order valence-electron chi connectivity index (χ2n) is 4.14. The highest BCUT2D eigenvalue weighted by atomic mass is 19.1. The Kier molecular flexibility index (Phi) is 4.65. The molecule has 5 nitrogen and oxygen atoms in total. The van der Waals surface area contributed by atoms with Crippen molar-refractivity contribution in [1.82, 2.24) is 0 Å². The fourth-order valence-corrected chi connectivity index (χ4v) is 1.53. The van der Waals surface area contributed by atoms with Gasteiger partial charge in [0.2, 0.25) is 0 Å². The molecule has 1 aromatic carbocycles. The minimum atomic E-state index is -0.890. The van der Waals surface area contributed by atoms with Crippen LogP contribution in [0.15, 0.2) is 18.2 Å². The van der Waals surface area contributed by atoms with E-state index in [1.807, 2.05) is 0 Å². The van der Waals surface area contributed by atoms with Crippen molar-refractivity contribution in [2.75, 3.05) is 11.9 Å². The number of carbonyl (C=O) groups excluding carboxylic acids is 1. The summed E-state index contributed by atoms with van der Waals surface area (Å²) in [5.74, 6) is -2.29. The van der Waals surface area contributed by atoms with Gasteiger partial charge in [0.1, 0.15) is 5.82 Å². The fraction of sp³-hybridized carbons (Fsp3) is 0.333. The van der Waals surface area contributed by atoms with Crippen molar-refractivity contribution in [3.8, 4) is 0 Å². The second kappa shape index (κ2) is 6.00. The zero-order valence-electron chi connectivity index (χ0n) is 9.94. The van der Waals surface area contributed by atoms with Gasteiger partial charge in [0.25, 0.3) is 5.91 Å². The molecule has 0 aliphatic carbocycles. The van der Waals surface area contributed by atoms with Gasteiger partial charge in [-0.15, -0.1) is 0 Å². The molecule has 0 heterocycles. The molecule has 1 amide bonds. The number of hydrogen-bond donors (Lipinski definition) is 3. The van der Waals surface area contributed by atoms with Gasteiger partial charge in [-0.25, -0.2) is 4.39 Å². The molecule has 98 valence electrons. The predicted octanol–water partition coefficient (Wildman–Crippen LogP) is 1.45. The summed E-state index contributed by atoms with van der Waals surface area (Å²) in [6.07, 6.45) is 0.0140. The Morgan fingerprint density at radius 2 is 2.17 bits per heavy atom. The van der Waals surface area contributed by atoms with Gasteiger partial charge in [0, 0.05) is 18.7 Å². The molecule has 0 bridgehead atoms. The largest absolute Gasteiger partial charge is 0.481 e. The number of amides is 1. The standard InChI is InChI=1S/C12H15FN2O3/c1-7(4-11(16)17)6-15-10-3-2-8(13)5-9(10)12(14)18/h2-3,5,7,15H,4,6H2,1H3,(H2,14,18)(H,16,17). The summed E-state index contributed by atoms with van der Waals surface area (Å²) >= 11 is 0. The quantitative estimate of drug-likeness (QED) is 0.716. The predicted molar refractivity (Wildman–Crippen MR) is 64.8 cm³/mol. The van der Waals surface area contributed by atoms with E-state index in [0.717, 1.165) is 6.07 Å². The first-order valence-corrected chi connectivity index (χ1v) is 5.45. The molecule has 4 N–H and O–H groups in total. The van der Waals surface area contributed by atoms with Crippen molar-refractivity contribution in [3.63, 3.8) is 0 Å². The minimum Gasteiger partial charge on any atom is -0.481 e. The number of rotatable bonds is 6. The maximum Gasteiger partial charge on any atom is 0.303 e. The molecular formula is C12H15FN2O3. The number of hydrogen-bond acceptors (Lipinski definition) is 3. The first-order chi connectivity index (χ1) is 8.40. The van der Waals surface area contributed by atoms with Gasteiger partial charge in [-0.2, -0.15) is 0 Å². The van der Waals surface area contributed by atoms with Crippen LogP contribution < -0.4 is 11.1 Å². The SMILES string of the molecule is CC(CNc1ccc(F)cc1C(N)=O)CC(=O)O. The topological polar surface area (TPSA) is 92.4 Å². The highest BCUT2D eigenvalue weighted by Crippen LogP contribution is 2.17. The number of carboxylic acids is 1. The van der Waals surface area contributed by atoms with Crippen molar-refractivity contribution in [1.29, 1.82) is 0 Å². The smallest absolute Gasteiger partial charge is 0.303 e. The Bertz CT molecular complexity index is 463. The maximum atomic E-state index is 13.0. The van der Waals surface area contributed by atoms with Crippen LogP contribution in [0.25, 0.3) is 0 Å². The average molecular weight is 254 g/mol. The van der Waals surface area contributed by atoms with Crippen LogP contribution in [0.2, 0.25) is 0 Å². The lowest BCUT2D eigenvalue weighted by Gasteiger charge is -2.13. The Morgan fingerprint density at radius 1 is 1.50 bits per heavy atom. The minimum absolute atomic E-state index is 0.0140. The number of carboxylic acid groups (broad SMARTS) is 1. The Morgan fingerprint density at radius 3 is 2.72 bits per heavy atom. The Hall–Kier alpha value is -2.11. The summed E-state index contributed by atoms with van der Waals surface area (Å²) in [6, 6.07) is 3.66. The molecule has 1 unspecified atom stereocenters. The van der Waals surface area contributed by atoms with Crippen LogP contribution in [-0.4, -0.2) is 23.5 Å². The highest BCUT2D eigenvalue weighted by Gasteiger charge is 2.12. The number of halogens is 1.